The highest BCUT2D eigenvalue weighted by Crippen LogP contribution is 2.22. The minimum atomic E-state index is -1.03. The van der Waals surface area contributed by atoms with Gasteiger partial charge in [0.05, 0.1) is 24.7 Å². The maximum Gasteiger partial charge on any atom is 0.339 e. The lowest BCUT2D eigenvalue weighted by Crippen LogP contribution is -2.03. The summed E-state index contributed by atoms with van der Waals surface area (Å²) in [6, 6.07) is 10.3. The van der Waals surface area contributed by atoms with E-state index in [1.54, 1.807) is 24.5 Å². The third-order valence-corrected chi connectivity index (χ3v) is 3.41. The number of rotatable bonds is 6. The smallest absolute Gasteiger partial charge is 0.339 e. The standard InChI is InChI=1S/C17H15N3O4/c1-23-16-8-11(2-4-13(16)17(21)22)10-24-12-3-5-14(18-9-12)15-6-7-19-20-15/h2-9H,10H2,1H3,(H,19,20)(H,21,22). The summed E-state index contributed by atoms with van der Waals surface area (Å²) >= 11 is 0. The van der Waals surface area contributed by atoms with E-state index in [0.29, 0.717) is 11.5 Å². The lowest BCUT2D eigenvalue weighted by molar-refractivity contribution is 0.0693. The number of aromatic nitrogens is 3. The van der Waals surface area contributed by atoms with Crippen molar-refractivity contribution in [2.45, 2.75) is 6.61 Å². The van der Waals surface area contributed by atoms with Crippen LogP contribution in [-0.2, 0) is 6.61 Å². The maximum atomic E-state index is 11.1. The molecule has 2 N–H and O–H groups in total. The van der Waals surface area contributed by atoms with Crippen LogP contribution in [0, 0.1) is 0 Å². The second kappa shape index (κ2) is 6.82. The van der Waals surface area contributed by atoms with Gasteiger partial charge < -0.3 is 14.6 Å². The van der Waals surface area contributed by atoms with Gasteiger partial charge >= 0.3 is 5.97 Å². The highest BCUT2D eigenvalue weighted by Gasteiger charge is 2.11. The molecule has 0 aliphatic carbocycles. The van der Waals surface area contributed by atoms with E-state index < -0.39 is 5.97 Å². The van der Waals surface area contributed by atoms with E-state index in [1.165, 1.54) is 13.2 Å². The van der Waals surface area contributed by atoms with E-state index in [-0.39, 0.29) is 12.2 Å². The normalized spacial score (nSPS) is 10.4. The molecule has 24 heavy (non-hydrogen) atoms. The van der Waals surface area contributed by atoms with E-state index in [9.17, 15) is 4.79 Å². The summed E-state index contributed by atoms with van der Waals surface area (Å²) in [5.74, 6) is -0.117. The number of H-pyrrole nitrogens is 1. The molecule has 2 heterocycles. The molecule has 0 spiro atoms. The van der Waals surface area contributed by atoms with Crippen LogP contribution in [0.2, 0.25) is 0 Å². The zero-order valence-corrected chi connectivity index (χ0v) is 12.9. The highest BCUT2D eigenvalue weighted by atomic mass is 16.5. The minimum Gasteiger partial charge on any atom is -0.496 e. The van der Waals surface area contributed by atoms with Gasteiger partial charge in [0.2, 0.25) is 0 Å². The van der Waals surface area contributed by atoms with Gasteiger partial charge in [-0.05, 0) is 35.9 Å². The summed E-state index contributed by atoms with van der Waals surface area (Å²) in [6.45, 7) is 0.279. The van der Waals surface area contributed by atoms with Crippen LogP contribution in [0.25, 0.3) is 11.4 Å². The number of benzene rings is 1. The van der Waals surface area contributed by atoms with Crippen molar-refractivity contribution in [1.82, 2.24) is 15.2 Å². The first-order chi connectivity index (χ1) is 11.7. The van der Waals surface area contributed by atoms with Crippen molar-refractivity contribution >= 4 is 5.97 Å². The molecule has 0 saturated carbocycles. The molecule has 0 bridgehead atoms. The quantitative estimate of drug-likeness (QED) is 0.723. The lowest BCUT2D eigenvalue weighted by Gasteiger charge is -2.09. The van der Waals surface area contributed by atoms with Gasteiger partial charge in [-0.2, -0.15) is 5.10 Å². The summed E-state index contributed by atoms with van der Waals surface area (Å²) in [7, 11) is 1.44. The van der Waals surface area contributed by atoms with Crippen molar-refractivity contribution in [2.24, 2.45) is 0 Å². The zero-order chi connectivity index (χ0) is 16.9. The van der Waals surface area contributed by atoms with Crippen molar-refractivity contribution in [3.63, 3.8) is 0 Å². The van der Waals surface area contributed by atoms with E-state index in [1.807, 2.05) is 18.2 Å². The van der Waals surface area contributed by atoms with Crippen molar-refractivity contribution in [3.05, 3.63) is 59.9 Å². The molecule has 0 atom stereocenters. The average Bonchev–Trinajstić information content (AvgIpc) is 3.14. The molecule has 2 aromatic heterocycles. The van der Waals surface area contributed by atoms with Crippen molar-refractivity contribution in [3.8, 4) is 22.9 Å². The van der Waals surface area contributed by atoms with E-state index in [2.05, 4.69) is 15.2 Å². The van der Waals surface area contributed by atoms with Crippen molar-refractivity contribution < 1.29 is 19.4 Å². The second-order valence-corrected chi connectivity index (χ2v) is 4.98. The molecule has 0 amide bonds. The van der Waals surface area contributed by atoms with Crippen LogP contribution in [-0.4, -0.2) is 33.4 Å². The molecular formula is C17H15N3O4. The molecule has 0 aliphatic heterocycles. The second-order valence-electron chi connectivity index (χ2n) is 4.98. The summed E-state index contributed by atoms with van der Waals surface area (Å²) < 4.78 is 10.8. The molecular weight excluding hydrogens is 310 g/mol. The number of methoxy groups -OCH3 is 1. The first kappa shape index (κ1) is 15.5. The van der Waals surface area contributed by atoms with Gasteiger partial charge in [0.1, 0.15) is 23.7 Å². The fraction of sp³-hybridized carbons (Fsp3) is 0.118. The van der Waals surface area contributed by atoms with Crippen LogP contribution in [0.15, 0.2) is 48.8 Å². The van der Waals surface area contributed by atoms with Crippen molar-refractivity contribution in [2.75, 3.05) is 7.11 Å². The Labute approximate surface area is 137 Å². The molecule has 7 heteroatoms. The molecule has 3 aromatic rings. The van der Waals surface area contributed by atoms with Crippen LogP contribution >= 0.6 is 0 Å². The number of pyridine rings is 1. The van der Waals surface area contributed by atoms with Crippen LogP contribution < -0.4 is 9.47 Å². The number of carboxylic acids is 1. The predicted molar refractivity (Wildman–Crippen MR) is 86.1 cm³/mol. The van der Waals surface area contributed by atoms with Gasteiger partial charge in [0.15, 0.2) is 0 Å². The van der Waals surface area contributed by atoms with E-state index in [0.717, 1.165) is 17.0 Å². The minimum absolute atomic E-state index is 0.117. The Morgan fingerprint density at radius 1 is 1.25 bits per heavy atom. The molecule has 7 nitrogen and oxygen atoms in total. The Morgan fingerprint density at radius 3 is 2.75 bits per heavy atom. The highest BCUT2D eigenvalue weighted by molar-refractivity contribution is 5.90. The number of ether oxygens (including phenoxy) is 2. The lowest BCUT2D eigenvalue weighted by atomic mass is 10.1. The maximum absolute atomic E-state index is 11.1. The molecule has 0 fully saturated rings. The molecule has 122 valence electrons. The number of aromatic carboxylic acids is 1. The number of carboxylic acid groups (broad SMARTS) is 1. The third-order valence-electron chi connectivity index (χ3n) is 3.41. The van der Waals surface area contributed by atoms with Crippen LogP contribution in [0.3, 0.4) is 0 Å². The average molecular weight is 325 g/mol. The monoisotopic (exact) mass is 325 g/mol. The van der Waals surface area contributed by atoms with Gasteiger partial charge in [-0.15, -0.1) is 0 Å². The topological polar surface area (TPSA) is 97.3 Å². The SMILES string of the molecule is COc1cc(COc2ccc(-c3ccn[nH]3)nc2)ccc1C(=O)O. The largest absolute Gasteiger partial charge is 0.496 e. The van der Waals surface area contributed by atoms with Crippen LogP contribution in [0.5, 0.6) is 11.5 Å². The third kappa shape index (κ3) is 3.35. The summed E-state index contributed by atoms with van der Waals surface area (Å²) in [4.78, 5) is 15.4. The molecule has 0 aliphatic rings. The number of nitrogens with zero attached hydrogens (tertiary/aromatic N) is 2. The Morgan fingerprint density at radius 2 is 2.12 bits per heavy atom. The number of carbonyl (C=O) groups is 1. The molecule has 1 aromatic carbocycles. The molecule has 0 unspecified atom stereocenters. The van der Waals surface area contributed by atoms with Gasteiger partial charge in [-0.3, -0.25) is 10.1 Å². The summed E-state index contributed by atoms with van der Waals surface area (Å²) in [5, 5.41) is 15.8. The Bertz CT molecular complexity index is 830. The number of hydrogen-bond donors (Lipinski definition) is 2. The van der Waals surface area contributed by atoms with Gasteiger partial charge in [-0.25, -0.2) is 4.79 Å². The number of aromatic amines is 1. The number of nitrogens with one attached hydrogen (secondary N) is 1. The predicted octanol–water partition coefficient (Wildman–Crippen LogP) is 2.76. The molecule has 0 radical (unpaired) electrons. The van der Waals surface area contributed by atoms with Crippen LogP contribution in [0.4, 0.5) is 0 Å². The fourth-order valence-electron chi connectivity index (χ4n) is 2.19. The van der Waals surface area contributed by atoms with Gasteiger partial charge in [0, 0.05) is 6.20 Å². The zero-order valence-electron chi connectivity index (χ0n) is 12.9. The Kier molecular flexibility index (Phi) is 4.42. The van der Waals surface area contributed by atoms with E-state index in [4.69, 9.17) is 14.6 Å². The first-order valence-electron chi connectivity index (χ1n) is 7.16. The Hall–Kier alpha value is -3.35. The van der Waals surface area contributed by atoms with Crippen molar-refractivity contribution in [1.29, 1.82) is 0 Å². The fourth-order valence-corrected chi connectivity index (χ4v) is 2.19. The first-order valence-corrected chi connectivity index (χ1v) is 7.16. The molecule has 3 rings (SSSR count). The number of hydrogen-bond acceptors (Lipinski definition) is 5. The summed E-state index contributed by atoms with van der Waals surface area (Å²) in [6.07, 6.45) is 3.29. The van der Waals surface area contributed by atoms with Crippen LogP contribution in [0.1, 0.15) is 15.9 Å². The van der Waals surface area contributed by atoms with E-state index >= 15 is 0 Å². The molecule has 0 saturated heterocycles. The Balaban J connectivity index is 1.68. The summed E-state index contributed by atoms with van der Waals surface area (Å²) in [5.41, 5.74) is 2.52. The van der Waals surface area contributed by atoms with Gasteiger partial charge in [-0.1, -0.05) is 6.07 Å². The van der Waals surface area contributed by atoms with Gasteiger partial charge in [0.25, 0.3) is 0 Å².